The van der Waals surface area contributed by atoms with E-state index >= 15 is 0 Å². The molecule has 88 valence electrons. The van der Waals surface area contributed by atoms with Crippen molar-refractivity contribution < 1.29 is 4.39 Å². The molecule has 0 spiro atoms. The largest absolute Gasteiger partial charge is 0.295 e. The number of benzene rings is 1. The lowest BCUT2D eigenvalue weighted by Gasteiger charge is -2.38. The molecule has 3 rings (SSSR count). The van der Waals surface area contributed by atoms with Crippen molar-refractivity contribution in [2.75, 3.05) is 13.1 Å². The molecule has 0 saturated carbocycles. The summed E-state index contributed by atoms with van der Waals surface area (Å²) in [6.45, 7) is 2.68. The third-order valence-electron chi connectivity index (χ3n) is 3.05. The van der Waals surface area contributed by atoms with Gasteiger partial charge in [0.25, 0.3) is 0 Å². The summed E-state index contributed by atoms with van der Waals surface area (Å²) in [7, 11) is 0. The lowest BCUT2D eigenvalue weighted by atomic mass is 10.1. The van der Waals surface area contributed by atoms with Gasteiger partial charge in [-0.1, -0.05) is 17.3 Å². The molecule has 2 heterocycles. The Morgan fingerprint density at radius 3 is 2.94 bits per heavy atom. The maximum absolute atomic E-state index is 13.0. The van der Waals surface area contributed by atoms with Crippen LogP contribution >= 0.6 is 0 Å². The van der Waals surface area contributed by atoms with Crippen LogP contribution in [0.25, 0.3) is 0 Å². The van der Waals surface area contributed by atoms with Crippen molar-refractivity contribution in [1.82, 2.24) is 19.9 Å². The van der Waals surface area contributed by atoms with Crippen molar-refractivity contribution in [3.05, 3.63) is 48.0 Å². The van der Waals surface area contributed by atoms with Crippen LogP contribution in [0.3, 0.4) is 0 Å². The molecule has 1 aliphatic rings. The van der Waals surface area contributed by atoms with E-state index in [0.29, 0.717) is 6.04 Å². The minimum atomic E-state index is -0.171. The van der Waals surface area contributed by atoms with Gasteiger partial charge in [0.05, 0.1) is 12.2 Å². The van der Waals surface area contributed by atoms with Gasteiger partial charge in [-0.2, -0.15) is 0 Å². The summed E-state index contributed by atoms with van der Waals surface area (Å²) in [5.74, 6) is -0.171. The molecule has 0 amide bonds. The van der Waals surface area contributed by atoms with Crippen LogP contribution in [0.2, 0.25) is 0 Å². The predicted octanol–water partition coefficient (Wildman–Crippen LogP) is 1.47. The van der Waals surface area contributed by atoms with Crippen LogP contribution < -0.4 is 0 Å². The highest BCUT2D eigenvalue weighted by Crippen LogP contribution is 2.22. The molecule has 0 N–H and O–H groups in total. The lowest BCUT2D eigenvalue weighted by molar-refractivity contribution is 0.0895. The number of hydrogen-bond donors (Lipinski definition) is 0. The average Bonchev–Trinajstić information content (AvgIpc) is 2.76. The number of likely N-dealkylation sites (tertiary alicyclic amines) is 1. The molecule has 5 heteroatoms. The van der Waals surface area contributed by atoms with Gasteiger partial charge in [0.2, 0.25) is 0 Å². The molecule has 1 aliphatic heterocycles. The zero-order chi connectivity index (χ0) is 11.7. The Morgan fingerprint density at radius 2 is 2.24 bits per heavy atom. The maximum Gasteiger partial charge on any atom is 0.123 e. The summed E-state index contributed by atoms with van der Waals surface area (Å²) >= 11 is 0. The van der Waals surface area contributed by atoms with Crippen LogP contribution in [0.5, 0.6) is 0 Å². The van der Waals surface area contributed by atoms with Crippen molar-refractivity contribution in [2.24, 2.45) is 0 Å². The van der Waals surface area contributed by atoms with E-state index in [0.717, 1.165) is 25.2 Å². The molecule has 1 aromatic carbocycles. The van der Waals surface area contributed by atoms with Crippen LogP contribution in [0.15, 0.2) is 36.7 Å². The van der Waals surface area contributed by atoms with Crippen molar-refractivity contribution in [3.8, 4) is 0 Å². The van der Waals surface area contributed by atoms with E-state index in [-0.39, 0.29) is 5.82 Å². The van der Waals surface area contributed by atoms with Crippen molar-refractivity contribution in [1.29, 1.82) is 0 Å². The second-order valence-corrected chi connectivity index (χ2v) is 4.36. The molecule has 0 aliphatic carbocycles. The fourth-order valence-corrected chi connectivity index (χ4v) is 2.14. The fraction of sp³-hybridized carbons (Fsp3) is 0.333. The van der Waals surface area contributed by atoms with Gasteiger partial charge in [0.15, 0.2) is 0 Å². The molecule has 4 nitrogen and oxygen atoms in total. The quantitative estimate of drug-likeness (QED) is 0.803. The summed E-state index contributed by atoms with van der Waals surface area (Å²) in [4.78, 5) is 2.26. The minimum absolute atomic E-state index is 0.171. The van der Waals surface area contributed by atoms with E-state index < -0.39 is 0 Å². The summed E-state index contributed by atoms with van der Waals surface area (Å²) in [6.07, 6.45) is 3.57. The first kappa shape index (κ1) is 10.4. The van der Waals surface area contributed by atoms with E-state index in [4.69, 9.17) is 0 Å². The van der Waals surface area contributed by atoms with Crippen molar-refractivity contribution >= 4 is 0 Å². The Balaban J connectivity index is 1.56. The van der Waals surface area contributed by atoms with E-state index in [1.54, 1.807) is 18.3 Å². The smallest absolute Gasteiger partial charge is 0.123 e. The van der Waals surface area contributed by atoms with E-state index in [1.807, 2.05) is 16.9 Å². The number of nitrogens with zero attached hydrogens (tertiary/aromatic N) is 4. The summed E-state index contributed by atoms with van der Waals surface area (Å²) in [5.41, 5.74) is 1.02. The minimum Gasteiger partial charge on any atom is -0.295 e. The standard InChI is InChI=1S/C12H13FN4/c13-11-3-1-2-10(6-11)7-16-8-12(9-16)17-5-4-14-15-17/h1-6,12H,7-9H2. The molecule has 0 unspecified atom stereocenters. The maximum atomic E-state index is 13.0. The second kappa shape index (κ2) is 4.25. The van der Waals surface area contributed by atoms with Gasteiger partial charge in [-0.05, 0) is 17.7 Å². The molecular formula is C12H13FN4. The molecular weight excluding hydrogens is 219 g/mol. The highest BCUT2D eigenvalue weighted by Gasteiger charge is 2.28. The highest BCUT2D eigenvalue weighted by molar-refractivity contribution is 5.16. The summed E-state index contributed by atoms with van der Waals surface area (Å²) < 4.78 is 14.9. The summed E-state index contributed by atoms with van der Waals surface area (Å²) in [6, 6.07) is 7.16. The monoisotopic (exact) mass is 232 g/mol. The molecule has 1 saturated heterocycles. The number of aromatic nitrogens is 3. The van der Waals surface area contributed by atoms with Gasteiger partial charge < -0.3 is 0 Å². The fourth-order valence-electron chi connectivity index (χ4n) is 2.14. The van der Waals surface area contributed by atoms with Crippen molar-refractivity contribution in [3.63, 3.8) is 0 Å². The zero-order valence-electron chi connectivity index (χ0n) is 9.33. The normalized spacial score (nSPS) is 17.0. The Labute approximate surface area is 98.7 Å². The third kappa shape index (κ3) is 2.19. The van der Waals surface area contributed by atoms with Crippen LogP contribution in [0.4, 0.5) is 4.39 Å². The topological polar surface area (TPSA) is 34.0 Å². The van der Waals surface area contributed by atoms with Gasteiger partial charge in [0, 0.05) is 25.8 Å². The Hall–Kier alpha value is -1.75. The second-order valence-electron chi connectivity index (χ2n) is 4.36. The molecule has 0 atom stereocenters. The van der Waals surface area contributed by atoms with E-state index in [2.05, 4.69) is 15.2 Å². The molecule has 2 aromatic rings. The summed E-state index contributed by atoms with van der Waals surface area (Å²) in [5, 5.41) is 7.76. The number of halogens is 1. The average molecular weight is 232 g/mol. The molecule has 1 fully saturated rings. The Bertz CT molecular complexity index is 491. The zero-order valence-corrected chi connectivity index (χ0v) is 9.33. The molecule has 17 heavy (non-hydrogen) atoms. The first-order valence-corrected chi connectivity index (χ1v) is 5.64. The first-order chi connectivity index (χ1) is 8.31. The SMILES string of the molecule is Fc1cccc(CN2CC(n3ccnn3)C2)c1. The Kier molecular flexibility index (Phi) is 2.60. The van der Waals surface area contributed by atoms with Crippen LogP contribution in [0, 0.1) is 5.82 Å². The van der Waals surface area contributed by atoms with Gasteiger partial charge in [-0.3, -0.25) is 4.90 Å². The van der Waals surface area contributed by atoms with E-state index in [9.17, 15) is 4.39 Å². The van der Waals surface area contributed by atoms with Crippen molar-refractivity contribution in [2.45, 2.75) is 12.6 Å². The van der Waals surface area contributed by atoms with E-state index in [1.165, 1.54) is 6.07 Å². The highest BCUT2D eigenvalue weighted by atomic mass is 19.1. The van der Waals surface area contributed by atoms with Gasteiger partial charge in [-0.15, -0.1) is 5.10 Å². The van der Waals surface area contributed by atoms with Crippen LogP contribution in [-0.4, -0.2) is 33.0 Å². The number of hydrogen-bond acceptors (Lipinski definition) is 3. The number of rotatable bonds is 3. The Morgan fingerprint density at radius 1 is 1.35 bits per heavy atom. The van der Waals surface area contributed by atoms with Gasteiger partial charge in [0.1, 0.15) is 5.82 Å². The lowest BCUT2D eigenvalue weighted by Crippen LogP contribution is -2.47. The molecule has 1 aromatic heterocycles. The van der Waals surface area contributed by atoms with Gasteiger partial charge >= 0.3 is 0 Å². The third-order valence-corrected chi connectivity index (χ3v) is 3.05. The molecule has 0 radical (unpaired) electrons. The first-order valence-electron chi connectivity index (χ1n) is 5.64. The predicted molar refractivity (Wildman–Crippen MR) is 60.7 cm³/mol. The van der Waals surface area contributed by atoms with Crippen LogP contribution in [-0.2, 0) is 6.54 Å². The van der Waals surface area contributed by atoms with Gasteiger partial charge in [-0.25, -0.2) is 9.07 Å². The van der Waals surface area contributed by atoms with Crippen LogP contribution in [0.1, 0.15) is 11.6 Å². The molecule has 0 bridgehead atoms.